The average Bonchev–Trinajstić information content (AvgIpc) is 2.67. The number of carbonyl (C=O) groups excluding carboxylic acids is 1. The predicted octanol–water partition coefficient (Wildman–Crippen LogP) is 5.05. The van der Waals surface area contributed by atoms with Gasteiger partial charge in [-0.05, 0) is 58.5 Å². The largest absolute Gasteiger partial charge is 0.445 e. The molecule has 0 atom stereocenters. The van der Waals surface area contributed by atoms with Crippen molar-refractivity contribution in [2.45, 2.75) is 19.4 Å². The molecule has 2 aromatic rings. The molecule has 3 rings (SSSR count). The number of nitrogens with one attached hydrogen (secondary N) is 1. The van der Waals surface area contributed by atoms with Crippen LogP contribution >= 0.6 is 15.9 Å². The second-order valence-electron chi connectivity index (χ2n) is 6.48. The maximum Gasteiger partial charge on any atom is 0.410 e. The molecule has 1 amide bonds. The van der Waals surface area contributed by atoms with E-state index < -0.39 is 0 Å². The van der Waals surface area contributed by atoms with Gasteiger partial charge in [-0.2, -0.15) is 0 Å². The maximum atomic E-state index is 13.1. The summed E-state index contributed by atoms with van der Waals surface area (Å²) in [6, 6.07) is 14.3. The highest BCUT2D eigenvalue weighted by Gasteiger charge is 2.23. The van der Waals surface area contributed by atoms with Crippen LogP contribution in [0.15, 0.2) is 53.0 Å². The Morgan fingerprint density at radius 1 is 1.19 bits per heavy atom. The number of nitrogens with zero attached hydrogens (tertiary/aromatic N) is 1. The molecule has 1 fully saturated rings. The van der Waals surface area contributed by atoms with Gasteiger partial charge >= 0.3 is 6.09 Å². The third kappa shape index (κ3) is 5.21. The van der Waals surface area contributed by atoms with Crippen LogP contribution in [0.1, 0.15) is 18.4 Å². The van der Waals surface area contributed by atoms with Gasteiger partial charge in [-0.25, -0.2) is 9.18 Å². The minimum absolute atomic E-state index is 0.249. The summed E-state index contributed by atoms with van der Waals surface area (Å²) >= 11 is 3.37. The molecule has 0 unspecified atom stereocenters. The van der Waals surface area contributed by atoms with Crippen LogP contribution < -0.4 is 5.32 Å². The zero-order valence-electron chi connectivity index (χ0n) is 14.5. The van der Waals surface area contributed by atoms with E-state index in [1.165, 1.54) is 12.1 Å². The topological polar surface area (TPSA) is 41.6 Å². The van der Waals surface area contributed by atoms with Crippen LogP contribution in [0, 0.1) is 11.7 Å². The lowest BCUT2D eigenvalue weighted by Gasteiger charge is -2.31. The van der Waals surface area contributed by atoms with Crippen LogP contribution in [0.5, 0.6) is 0 Å². The van der Waals surface area contributed by atoms with Gasteiger partial charge in [-0.1, -0.05) is 30.3 Å². The monoisotopic (exact) mass is 420 g/mol. The van der Waals surface area contributed by atoms with E-state index in [1.54, 1.807) is 11.0 Å². The van der Waals surface area contributed by atoms with Crippen molar-refractivity contribution in [2.24, 2.45) is 5.92 Å². The van der Waals surface area contributed by atoms with Crippen molar-refractivity contribution < 1.29 is 13.9 Å². The van der Waals surface area contributed by atoms with Gasteiger partial charge in [-0.3, -0.25) is 0 Å². The molecule has 26 heavy (non-hydrogen) atoms. The quantitative estimate of drug-likeness (QED) is 0.735. The van der Waals surface area contributed by atoms with E-state index in [-0.39, 0.29) is 11.9 Å². The fraction of sp³-hybridized carbons (Fsp3) is 0.350. The summed E-state index contributed by atoms with van der Waals surface area (Å²) in [4.78, 5) is 14.0. The Kier molecular flexibility index (Phi) is 6.50. The minimum Gasteiger partial charge on any atom is -0.445 e. The molecule has 0 saturated carbocycles. The van der Waals surface area contributed by atoms with Gasteiger partial charge in [0.05, 0.1) is 0 Å². The predicted molar refractivity (Wildman–Crippen MR) is 104 cm³/mol. The van der Waals surface area contributed by atoms with Crippen molar-refractivity contribution in [3.05, 3.63) is 64.4 Å². The molecule has 0 spiro atoms. The first-order chi connectivity index (χ1) is 12.6. The molecule has 2 aromatic carbocycles. The lowest BCUT2D eigenvalue weighted by Crippen LogP contribution is -2.40. The number of anilines is 1. The lowest BCUT2D eigenvalue weighted by atomic mass is 9.97. The Morgan fingerprint density at radius 3 is 2.62 bits per heavy atom. The van der Waals surface area contributed by atoms with Crippen LogP contribution in [-0.2, 0) is 11.3 Å². The molecule has 0 bridgehead atoms. The molecule has 1 heterocycles. The molecule has 6 heteroatoms. The number of benzene rings is 2. The molecule has 1 aliphatic rings. The van der Waals surface area contributed by atoms with Gasteiger partial charge in [0.2, 0.25) is 0 Å². The van der Waals surface area contributed by atoms with Crippen molar-refractivity contribution in [1.29, 1.82) is 0 Å². The van der Waals surface area contributed by atoms with Crippen molar-refractivity contribution in [3.8, 4) is 0 Å². The van der Waals surface area contributed by atoms with E-state index in [0.717, 1.165) is 35.1 Å². The van der Waals surface area contributed by atoms with E-state index in [1.807, 2.05) is 30.3 Å². The Balaban J connectivity index is 1.40. The SMILES string of the molecule is O=C(OCc1ccccc1)N1CCC(CNc2ccc(F)cc2Br)CC1. The normalized spacial score (nSPS) is 14.9. The van der Waals surface area contributed by atoms with Crippen molar-refractivity contribution in [3.63, 3.8) is 0 Å². The molecule has 0 radical (unpaired) electrons. The summed E-state index contributed by atoms with van der Waals surface area (Å²) in [5.41, 5.74) is 1.88. The number of carbonyl (C=O) groups is 1. The summed E-state index contributed by atoms with van der Waals surface area (Å²) in [6.07, 6.45) is 1.60. The Hall–Kier alpha value is -2.08. The maximum absolute atomic E-state index is 13.1. The second-order valence-corrected chi connectivity index (χ2v) is 7.33. The number of hydrogen-bond donors (Lipinski definition) is 1. The number of hydrogen-bond acceptors (Lipinski definition) is 3. The third-order valence-corrected chi connectivity index (χ3v) is 5.25. The number of likely N-dealkylation sites (tertiary alicyclic amines) is 1. The van der Waals surface area contributed by atoms with Crippen LogP contribution in [-0.4, -0.2) is 30.6 Å². The molecule has 0 aromatic heterocycles. The van der Waals surface area contributed by atoms with Gasteiger partial charge in [0.15, 0.2) is 0 Å². The highest BCUT2D eigenvalue weighted by molar-refractivity contribution is 9.10. The van der Waals surface area contributed by atoms with Gasteiger partial charge in [-0.15, -0.1) is 0 Å². The van der Waals surface area contributed by atoms with Crippen molar-refractivity contribution >= 4 is 27.7 Å². The molecule has 1 N–H and O–H groups in total. The van der Waals surface area contributed by atoms with Crippen LogP contribution in [0.2, 0.25) is 0 Å². The summed E-state index contributed by atoms with van der Waals surface area (Å²) in [7, 11) is 0. The molecule has 1 aliphatic heterocycles. The van der Waals surface area contributed by atoms with E-state index in [4.69, 9.17) is 4.74 Å². The molecule has 0 aliphatic carbocycles. The second kappa shape index (κ2) is 9.03. The lowest BCUT2D eigenvalue weighted by molar-refractivity contribution is 0.0832. The first-order valence-electron chi connectivity index (χ1n) is 8.76. The van der Waals surface area contributed by atoms with Gasteiger partial charge in [0, 0.05) is 29.8 Å². The van der Waals surface area contributed by atoms with E-state index in [9.17, 15) is 9.18 Å². The zero-order chi connectivity index (χ0) is 18.4. The zero-order valence-corrected chi connectivity index (χ0v) is 16.0. The van der Waals surface area contributed by atoms with E-state index in [2.05, 4.69) is 21.2 Å². The summed E-state index contributed by atoms with van der Waals surface area (Å²) in [5, 5.41) is 3.35. The highest BCUT2D eigenvalue weighted by Crippen LogP contribution is 2.25. The fourth-order valence-electron chi connectivity index (χ4n) is 3.02. The number of amides is 1. The summed E-state index contributed by atoms with van der Waals surface area (Å²) in [5.74, 6) is 0.217. The molecule has 4 nitrogen and oxygen atoms in total. The van der Waals surface area contributed by atoms with Crippen molar-refractivity contribution in [1.82, 2.24) is 4.90 Å². The van der Waals surface area contributed by atoms with E-state index in [0.29, 0.717) is 25.6 Å². The standard InChI is InChI=1S/C20H22BrFN2O2/c21-18-12-17(22)6-7-19(18)23-13-15-8-10-24(11-9-15)20(25)26-14-16-4-2-1-3-5-16/h1-7,12,15,23H,8-11,13-14H2. The third-order valence-electron chi connectivity index (χ3n) is 4.59. The van der Waals surface area contributed by atoms with Crippen LogP contribution in [0.25, 0.3) is 0 Å². The number of piperidine rings is 1. The van der Waals surface area contributed by atoms with Gasteiger partial charge < -0.3 is 15.0 Å². The number of rotatable bonds is 5. The Morgan fingerprint density at radius 2 is 1.92 bits per heavy atom. The first kappa shape index (κ1) is 18.7. The van der Waals surface area contributed by atoms with Gasteiger partial charge in [0.25, 0.3) is 0 Å². The summed E-state index contributed by atoms with van der Waals surface area (Å²) in [6.45, 7) is 2.51. The first-order valence-corrected chi connectivity index (χ1v) is 9.55. The Labute approximate surface area is 161 Å². The molecule has 1 saturated heterocycles. The summed E-state index contributed by atoms with van der Waals surface area (Å²) < 4.78 is 19.2. The Bertz CT molecular complexity index is 734. The molecule has 138 valence electrons. The molecular formula is C20H22BrFN2O2. The van der Waals surface area contributed by atoms with Gasteiger partial charge in [0.1, 0.15) is 12.4 Å². The number of ether oxygens (including phenoxy) is 1. The average molecular weight is 421 g/mol. The van der Waals surface area contributed by atoms with Crippen molar-refractivity contribution in [2.75, 3.05) is 25.0 Å². The van der Waals surface area contributed by atoms with E-state index >= 15 is 0 Å². The molecular weight excluding hydrogens is 399 g/mol. The van der Waals surface area contributed by atoms with Crippen LogP contribution in [0.3, 0.4) is 0 Å². The highest BCUT2D eigenvalue weighted by atomic mass is 79.9. The number of halogens is 2. The van der Waals surface area contributed by atoms with Crippen LogP contribution in [0.4, 0.5) is 14.9 Å². The fourth-order valence-corrected chi connectivity index (χ4v) is 3.51. The minimum atomic E-state index is -0.259. The smallest absolute Gasteiger partial charge is 0.410 e.